The molecule has 0 spiro atoms. The van der Waals surface area contributed by atoms with Gasteiger partial charge in [0.2, 0.25) is 0 Å². The molecular weight excluding hydrogens is 238 g/mol. The first kappa shape index (κ1) is 14.1. The number of aryl methyl sites for hydroxylation is 2. The second-order valence-corrected chi connectivity index (χ2v) is 6.25. The molecule has 1 unspecified atom stereocenters. The predicted molar refractivity (Wildman–Crippen MR) is 75.9 cm³/mol. The average molecular weight is 261 g/mol. The first-order valence-electron chi connectivity index (χ1n) is 6.97. The summed E-state index contributed by atoms with van der Waals surface area (Å²) in [6, 6.07) is 5.45. The molecule has 2 N–H and O–H groups in total. The third kappa shape index (κ3) is 3.57. The van der Waals surface area contributed by atoms with Crippen LogP contribution in [0.15, 0.2) is 18.2 Å². The van der Waals surface area contributed by atoms with Crippen molar-refractivity contribution in [2.75, 3.05) is 0 Å². The minimum absolute atomic E-state index is 0.358. The Balaban J connectivity index is 2.15. The minimum Gasteiger partial charge on any atom is -0.459 e. The highest BCUT2D eigenvalue weighted by Crippen LogP contribution is 2.25. The van der Waals surface area contributed by atoms with E-state index in [2.05, 4.69) is 12.1 Å². The second kappa shape index (κ2) is 5.33. The van der Waals surface area contributed by atoms with Crippen molar-refractivity contribution in [1.82, 2.24) is 0 Å². The Morgan fingerprint density at radius 1 is 1.21 bits per heavy atom. The number of benzene rings is 1. The van der Waals surface area contributed by atoms with E-state index in [1.807, 2.05) is 26.8 Å². The van der Waals surface area contributed by atoms with Crippen LogP contribution < -0.4 is 5.73 Å². The Kier molecular flexibility index (Phi) is 3.95. The smallest absolute Gasteiger partial charge is 0.328 e. The SMILES string of the molecule is CC(C)(C)OC(=O)C(N)c1ccc2c(c1)CCCC2. The third-order valence-electron chi connectivity index (χ3n) is 3.39. The van der Waals surface area contributed by atoms with Crippen molar-refractivity contribution in [1.29, 1.82) is 0 Å². The molecule has 0 radical (unpaired) electrons. The molecule has 3 heteroatoms. The molecule has 0 saturated carbocycles. The van der Waals surface area contributed by atoms with Gasteiger partial charge in [-0.1, -0.05) is 18.2 Å². The zero-order valence-electron chi connectivity index (χ0n) is 12.0. The van der Waals surface area contributed by atoms with Gasteiger partial charge in [-0.05, 0) is 63.1 Å². The van der Waals surface area contributed by atoms with E-state index in [0.717, 1.165) is 18.4 Å². The highest BCUT2D eigenvalue weighted by atomic mass is 16.6. The summed E-state index contributed by atoms with van der Waals surface area (Å²) in [6.45, 7) is 5.55. The van der Waals surface area contributed by atoms with Crippen LogP contribution in [0.4, 0.5) is 0 Å². The lowest BCUT2D eigenvalue weighted by molar-refractivity contribution is -0.156. The van der Waals surface area contributed by atoms with Crippen LogP contribution in [0.2, 0.25) is 0 Å². The monoisotopic (exact) mass is 261 g/mol. The van der Waals surface area contributed by atoms with Crippen LogP contribution in [0.25, 0.3) is 0 Å². The lowest BCUT2D eigenvalue weighted by Crippen LogP contribution is -2.31. The van der Waals surface area contributed by atoms with Crippen LogP contribution in [0.5, 0.6) is 0 Å². The van der Waals surface area contributed by atoms with Gasteiger partial charge in [0.15, 0.2) is 0 Å². The number of hydrogen-bond donors (Lipinski definition) is 1. The first-order chi connectivity index (χ1) is 8.87. The summed E-state index contributed by atoms with van der Waals surface area (Å²) in [6.07, 6.45) is 4.70. The third-order valence-corrected chi connectivity index (χ3v) is 3.39. The van der Waals surface area contributed by atoms with Gasteiger partial charge in [-0.3, -0.25) is 0 Å². The first-order valence-corrected chi connectivity index (χ1v) is 6.97. The maximum Gasteiger partial charge on any atom is 0.328 e. The molecule has 3 nitrogen and oxygen atoms in total. The zero-order valence-corrected chi connectivity index (χ0v) is 12.0. The molecule has 1 aromatic rings. The molecule has 1 atom stereocenters. The molecular formula is C16H23NO2. The molecule has 19 heavy (non-hydrogen) atoms. The molecule has 0 fully saturated rings. The summed E-state index contributed by atoms with van der Waals surface area (Å²) in [5.74, 6) is -0.358. The molecule has 0 bridgehead atoms. The van der Waals surface area contributed by atoms with E-state index in [0.29, 0.717) is 0 Å². The summed E-state index contributed by atoms with van der Waals surface area (Å²) < 4.78 is 5.33. The number of carbonyl (C=O) groups is 1. The van der Waals surface area contributed by atoms with Gasteiger partial charge in [0.1, 0.15) is 11.6 Å². The molecule has 1 aliphatic carbocycles. The standard InChI is InChI=1S/C16H23NO2/c1-16(2,3)19-15(18)14(17)13-9-8-11-6-4-5-7-12(11)10-13/h8-10,14H,4-7,17H2,1-3H3. The highest BCUT2D eigenvalue weighted by Gasteiger charge is 2.24. The van der Waals surface area contributed by atoms with Gasteiger partial charge in [0.05, 0.1) is 0 Å². The second-order valence-electron chi connectivity index (χ2n) is 6.25. The highest BCUT2D eigenvalue weighted by molar-refractivity contribution is 5.77. The van der Waals surface area contributed by atoms with E-state index in [1.165, 1.54) is 24.0 Å². The van der Waals surface area contributed by atoms with Crippen molar-refractivity contribution in [2.45, 2.75) is 58.1 Å². The number of nitrogens with two attached hydrogens (primary N) is 1. The quantitative estimate of drug-likeness (QED) is 0.833. The molecule has 1 aromatic carbocycles. The van der Waals surface area contributed by atoms with Gasteiger partial charge in [0, 0.05) is 0 Å². The van der Waals surface area contributed by atoms with Crippen molar-refractivity contribution in [3.05, 3.63) is 34.9 Å². The molecule has 0 amide bonds. The van der Waals surface area contributed by atoms with Crippen LogP contribution in [0, 0.1) is 0 Å². The summed E-state index contributed by atoms with van der Waals surface area (Å²) in [5, 5.41) is 0. The van der Waals surface area contributed by atoms with E-state index in [1.54, 1.807) is 0 Å². The van der Waals surface area contributed by atoms with Gasteiger partial charge in [0.25, 0.3) is 0 Å². The Morgan fingerprint density at radius 2 is 1.84 bits per heavy atom. The molecule has 0 aliphatic heterocycles. The molecule has 104 valence electrons. The van der Waals surface area contributed by atoms with Gasteiger partial charge in [-0.25, -0.2) is 4.79 Å². The number of hydrogen-bond acceptors (Lipinski definition) is 3. The van der Waals surface area contributed by atoms with Crippen LogP contribution >= 0.6 is 0 Å². The van der Waals surface area contributed by atoms with E-state index in [9.17, 15) is 4.79 Å². The van der Waals surface area contributed by atoms with Gasteiger partial charge in [-0.2, -0.15) is 0 Å². The number of carbonyl (C=O) groups excluding carboxylic acids is 1. The van der Waals surface area contributed by atoms with Crippen molar-refractivity contribution in [3.8, 4) is 0 Å². The van der Waals surface area contributed by atoms with Crippen LogP contribution in [0.1, 0.15) is 56.3 Å². The zero-order chi connectivity index (χ0) is 14.0. The fraction of sp³-hybridized carbons (Fsp3) is 0.562. The number of esters is 1. The largest absolute Gasteiger partial charge is 0.459 e. The van der Waals surface area contributed by atoms with Gasteiger partial charge < -0.3 is 10.5 Å². The summed E-state index contributed by atoms with van der Waals surface area (Å²) >= 11 is 0. The van der Waals surface area contributed by atoms with Crippen molar-refractivity contribution >= 4 is 5.97 Å². The molecule has 0 saturated heterocycles. The van der Waals surface area contributed by atoms with Crippen molar-refractivity contribution < 1.29 is 9.53 Å². The Labute approximate surface area is 115 Å². The Bertz CT molecular complexity index is 474. The Hall–Kier alpha value is -1.35. The maximum absolute atomic E-state index is 12.0. The summed E-state index contributed by atoms with van der Waals surface area (Å²) in [5.41, 5.74) is 9.09. The number of rotatable bonds is 2. The minimum atomic E-state index is -0.688. The number of ether oxygens (including phenoxy) is 1. The average Bonchev–Trinajstić information content (AvgIpc) is 2.35. The van der Waals surface area contributed by atoms with Crippen LogP contribution in [0.3, 0.4) is 0 Å². The number of fused-ring (bicyclic) bond motifs is 1. The fourth-order valence-electron chi connectivity index (χ4n) is 2.45. The predicted octanol–water partition coefficient (Wildman–Crippen LogP) is 2.91. The summed E-state index contributed by atoms with van der Waals surface area (Å²) in [4.78, 5) is 12.0. The molecule has 0 aromatic heterocycles. The summed E-state index contributed by atoms with van der Waals surface area (Å²) in [7, 11) is 0. The topological polar surface area (TPSA) is 52.3 Å². The lowest BCUT2D eigenvalue weighted by Gasteiger charge is -2.23. The van der Waals surface area contributed by atoms with E-state index >= 15 is 0 Å². The lowest BCUT2D eigenvalue weighted by atomic mass is 9.89. The fourth-order valence-corrected chi connectivity index (χ4v) is 2.45. The molecule has 1 aliphatic rings. The molecule has 0 heterocycles. The van der Waals surface area contributed by atoms with E-state index in [4.69, 9.17) is 10.5 Å². The van der Waals surface area contributed by atoms with Crippen molar-refractivity contribution in [3.63, 3.8) is 0 Å². The normalized spacial score (nSPS) is 16.6. The van der Waals surface area contributed by atoms with E-state index in [-0.39, 0.29) is 5.97 Å². The van der Waals surface area contributed by atoms with Crippen LogP contribution in [-0.4, -0.2) is 11.6 Å². The van der Waals surface area contributed by atoms with Crippen molar-refractivity contribution in [2.24, 2.45) is 5.73 Å². The van der Waals surface area contributed by atoms with E-state index < -0.39 is 11.6 Å². The van der Waals surface area contributed by atoms with Gasteiger partial charge >= 0.3 is 5.97 Å². The van der Waals surface area contributed by atoms with Crippen LogP contribution in [-0.2, 0) is 22.4 Å². The molecule has 2 rings (SSSR count). The van der Waals surface area contributed by atoms with Gasteiger partial charge in [-0.15, -0.1) is 0 Å². The Morgan fingerprint density at radius 3 is 2.47 bits per heavy atom. The maximum atomic E-state index is 12.0.